The Hall–Kier alpha value is -1.32. The summed E-state index contributed by atoms with van der Waals surface area (Å²) in [6.45, 7) is 0. The average molecular weight is 170 g/mol. The van der Waals surface area contributed by atoms with Crippen LogP contribution in [0.5, 0.6) is 0 Å². The lowest BCUT2D eigenvalue weighted by molar-refractivity contribution is -0.144. The molecule has 0 fully saturated rings. The van der Waals surface area contributed by atoms with Crippen LogP contribution in [-0.4, -0.2) is 24.0 Å². The Bertz CT molecular complexity index is 241. The molecule has 0 amide bonds. The van der Waals surface area contributed by atoms with Gasteiger partial charge in [-0.3, -0.25) is 9.59 Å². The molecule has 4 nitrogen and oxygen atoms in total. The minimum atomic E-state index is -0.939. The van der Waals surface area contributed by atoms with E-state index in [4.69, 9.17) is 9.84 Å². The minimum absolute atomic E-state index is 0.0855. The molecule has 66 valence electrons. The molecule has 0 aromatic heterocycles. The van der Waals surface area contributed by atoms with Crippen molar-refractivity contribution in [2.45, 2.75) is 12.8 Å². The Balaban J connectivity index is 2.72. The van der Waals surface area contributed by atoms with Gasteiger partial charge in [-0.1, -0.05) is 0 Å². The van der Waals surface area contributed by atoms with Gasteiger partial charge in [0.05, 0.1) is 18.8 Å². The molecule has 1 N–H and O–H groups in total. The number of carboxylic acids is 1. The van der Waals surface area contributed by atoms with Gasteiger partial charge in [-0.15, -0.1) is 0 Å². The number of ether oxygens (including phenoxy) is 1. The third-order valence-corrected chi connectivity index (χ3v) is 1.83. The second-order valence-corrected chi connectivity index (χ2v) is 2.72. The normalized spacial score (nSPS) is 23.2. The SMILES string of the molecule is COC1=CC(=O)C[C@H](C(=O)O)C1. The number of rotatable bonds is 2. The molecule has 0 unspecified atom stereocenters. The fraction of sp³-hybridized carbons (Fsp3) is 0.500. The topological polar surface area (TPSA) is 63.6 Å². The molecule has 0 aromatic carbocycles. The summed E-state index contributed by atoms with van der Waals surface area (Å²) >= 11 is 0. The molecule has 0 saturated carbocycles. The molecule has 0 saturated heterocycles. The standard InChI is InChI=1S/C8H10O4/c1-12-7-3-5(8(10)11)2-6(9)4-7/h4-5H,2-3H2,1H3,(H,10,11)/t5-/m0/s1. The van der Waals surface area contributed by atoms with E-state index in [0.29, 0.717) is 12.2 Å². The van der Waals surface area contributed by atoms with Gasteiger partial charge in [0, 0.05) is 18.9 Å². The quantitative estimate of drug-likeness (QED) is 0.658. The van der Waals surface area contributed by atoms with Crippen molar-refractivity contribution in [1.82, 2.24) is 0 Å². The number of hydrogen-bond acceptors (Lipinski definition) is 3. The van der Waals surface area contributed by atoms with E-state index in [2.05, 4.69) is 0 Å². The van der Waals surface area contributed by atoms with Crippen LogP contribution in [0.25, 0.3) is 0 Å². The van der Waals surface area contributed by atoms with E-state index >= 15 is 0 Å². The van der Waals surface area contributed by atoms with E-state index in [1.54, 1.807) is 0 Å². The average Bonchev–Trinajstić information content (AvgIpc) is 2.03. The highest BCUT2D eigenvalue weighted by molar-refractivity contribution is 5.94. The fourth-order valence-corrected chi connectivity index (χ4v) is 1.17. The highest BCUT2D eigenvalue weighted by Crippen LogP contribution is 2.22. The van der Waals surface area contributed by atoms with Gasteiger partial charge in [-0.2, -0.15) is 0 Å². The zero-order chi connectivity index (χ0) is 9.14. The van der Waals surface area contributed by atoms with Crippen LogP contribution < -0.4 is 0 Å². The number of allylic oxidation sites excluding steroid dienone is 2. The number of methoxy groups -OCH3 is 1. The van der Waals surface area contributed by atoms with Crippen molar-refractivity contribution in [3.63, 3.8) is 0 Å². The maximum Gasteiger partial charge on any atom is 0.307 e. The van der Waals surface area contributed by atoms with Crippen molar-refractivity contribution < 1.29 is 19.4 Å². The van der Waals surface area contributed by atoms with Gasteiger partial charge in [-0.05, 0) is 0 Å². The second-order valence-electron chi connectivity index (χ2n) is 2.72. The summed E-state index contributed by atoms with van der Waals surface area (Å²) in [5.74, 6) is -1.27. The van der Waals surface area contributed by atoms with E-state index in [0.717, 1.165) is 0 Å². The molecule has 0 heterocycles. The molecule has 4 heteroatoms. The smallest absolute Gasteiger partial charge is 0.307 e. The second kappa shape index (κ2) is 3.38. The first-order valence-electron chi connectivity index (χ1n) is 3.63. The Morgan fingerprint density at radius 1 is 1.67 bits per heavy atom. The summed E-state index contributed by atoms with van der Waals surface area (Å²) < 4.78 is 4.82. The van der Waals surface area contributed by atoms with Gasteiger partial charge in [0.1, 0.15) is 0 Å². The Labute approximate surface area is 69.8 Å². The molecule has 12 heavy (non-hydrogen) atoms. The van der Waals surface area contributed by atoms with Gasteiger partial charge < -0.3 is 9.84 Å². The van der Waals surface area contributed by atoms with Crippen molar-refractivity contribution in [3.8, 4) is 0 Å². The summed E-state index contributed by atoms with van der Waals surface area (Å²) in [5.41, 5.74) is 0. The molecule has 1 rings (SSSR count). The van der Waals surface area contributed by atoms with Crippen LogP contribution in [0.3, 0.4) is 0 Å². The molecule has 0 bridgehead atoms. The molecule has 0 aromatic rings. The summed E-state index contributed by atoms with van der Waals surface area (Å²) in [6, 6.07) is 0. The lowest BCUT2D eigenvalue weighted by Crippen LogP contribution is -2.22. The van der Waals surface area contributed by atoms with Crippen molar-refractivity contribution in [3.05, 3.63) is 11.8 Å². The van der Waals surface area contributed by atoms with Crippen LogP contribution >= 0.6 is 0 Å². The number of ketones is 1. The number of carboxylic acid groups (broad SMARTS) is 1. The number of aliphatic carboxylic acids is 1. The predicted molar refractivity (Wildman–Crippen MR) is 40.5 cm³/mol. The fourth-order valence-electron chi connectivity index (χ4n) is 1.17. The number of carbonyl (C=O) groups is 2. The molecule has 0 aliphatic heterocycles. The Morgan fingerprint density at radius 2 is 2.33 bits per heavy atom. The van der Waals surface area contributed by atoms with E-state index in [-0.39, 0.29) is 12.2 Å². The van der Waals surface area contributed by atoms with Crippen molar-refractivity contribution in [2.24, 2.45) is 5.92 Å². The lowest BCUT2D eigenvalue weighted by atomic mass is 9.92. The highest BCUT2D eigenvalue weighted by atomic mass is 16.5. The predicted octanol–water partition coefficient (Wildman–Crippen LogP) is 0.580. The maximum absolute atomic E-state index is 10.9. The third-order valence-electron chi connectivity index (χ3n) is 1.83. The van der Waals surface area contributed by atoms with Crippen molar-refractivity contribution >= 4 is 11.8 Å². The summed E-state index contributed by atoms with van der Waals surface area (Å²) in [5, 5.41) is 8.63. The summed E-state index contributed by atoms with van der Waals surface area (Å²) in [4.78, 5) is 21.5. The van der Waals surface area contributed by atoms with Crippen LogP contribution in [-0.2, 0) is 14.3 Å². The van der Waals surface area contributed by atoms with Gasteiger partial charge in [0.25, 0.3) is 0 Å². The minimum Gasteiger partial charge on any atom is -0.501 e. The van der Waals surface area contributed by atoms with Crippen molar-refractivity contribution in [2.75, 3.05) is 7.11 Å². The molecule has 1 aliphatic carbocycles. The van der Waals surface area contributed by atoms with E-state index in [1.165, 1.54) is 13.2 Å². The van der Waals surface area contributed by atoms with Crippen LogP contribution in [0.1, 0.15) is 12.8 Å². The number of hydrogen-bond donors (Lipinski definition) is 1. The van der Waals surface area contributed by atoms with Gasteiger partial charge >= 0.3 is 5.97 Å². The first kappa shape index (κ1) is 8.77. The molecular formula is C8H10O4. The number of carbonyl (C=O) groups excluding carboxylic acids is 1. The van der Waals surface area contributed by atoms with Crippen LogP contribution in [0.2, 0.25) is 0 Å². The third kappa shape index (κ3) is 1.84. The molecular weight excluding hydrogens is 160 g/mol. The lowest BCUT2D eigenvalue weighted by Gasteiger charge is -2.16. The van der Waals surface area contributed by atoms with Crippen molar-refractivity contribution in [1.29, 1.82) is 0 Å². The highest BCUT2D eigenvalue weighted by Gasteiger charge is 2.26. The van der Waals surface area contributed by atoms with Crippen LogP contribution in [0.4, 0.5) is 0 Å². The summed E-state index contributed by atoms with van der Waals surface area (Å²) in [7, 11) is 1.43. The van der Waals surface area contributed by atoms with Gasteiger partial charge in [0.2, 0.25) is 0 Å². The zero-order valence-corrected chi connectivity index (χ0v) is 6.74. The van der Waals surface area contributed by atoms with E-state index in [1.807, 2.05) is 0 Å². The van der Waals surface area contributed by atoms with Crippen LogP contribution in [0, 0.1) is 5.92 Å². The van der Waals surface area contributed by atoms with Gasteiger partial charge in [0.15, 0.2) is 5.78 Å². The monoisotopic (exact) mass is 170 g/mol. The first-order valence-corrected chi connectivity index (χ1v) is 3.63. The van der Waals surface area contributed by atoms with E-state index in [9.17, 15) is 9.59 Å². The largest absolute Gasteiger partial charge is 0.501 e. The zero-order valence-electron chi connectivity index (χ0n) is 6.74. The van der Waals surface area contributed by atoms with Crippen LogP contribution in [0.15, 0.2) is 11.8 Å². The first-order chi connectivity index (χ1) is 5.63. The van der Waals surface area contributed by atoms with Gasteiger partial charge in [-0.25, -0.2) is 0 Å². The molecule has 0 spiro atoms. The Morgan fingerprint density at radius 3 is 2.83 bits per heavy atom. The molecule has 1 atom stereocenters. The summed E-state index contributed by atoms with van der Waals surface area (Å²) in [6.07, 6.45) is 1.76. The molecule has 0 radical (unpaired) electrons. The maximum atomic E-state index is 10.9. The van der Waals surface area contributed by atoms with E-state index < -0.39 is 11.9 Å². The molecule has 1 aliphatic rings. The Kier molecular flexibility index (Phi) is 2.47.